The number of nitrogens with one attached hydrogen (secondary N) is 1. The molecule has 5 heteroatoms. The van der Waals surface area contributed by atoms with E-state index in [1.165, 1.54) is 12.0 Å². The Labute approximate surface area is 94.5 Å². The predicted molar refractivity (Wildman–Crippen MR) is 59.0 cm³/mol. The van der Waals surface area contributed by atoms with Crippen molar-refractivity contribution in [3.05, 3.63) is 17.8 Å². The quantitative estimate of drug-likeness (QED) is 0.836. The van der Waals surface area contributed by atoms with Gasteiger partial charge in [0.25, 0.3) is 5.89 Å². The van der Waals surface area contributed by atoms with Gasteiger partial charge in [-0.3, -0.25) is 0 Å². The predicted octanol–water partition coefficient (Wildman–Crippen LogP) is 1.75. The van der Waals surface area contributed by atoms with Crippen molar-refractivity contribution in [2.75, 3.05) is 13.1 Å². The first-order valence-corrected chi connectivity index (χ1v) is 5.17. The average molecular weight is 228 g/mol. The van der Waals surface area contributed by atoms with Crippen molar-refractivity contribution in [1.82, 2.24) is 15.5 Å². The summed E-state index contributed by atoms with van der Waals surface area (Å²) in [6.07, 6.45) is 5.66. The molecule has 15 heavy (non-hydrogen) atoms. The molecular weight excluding hydrogens is 214 g/mol. The van der Waals surface area contributed by atoms with E-state index in [0.29, 0.717) is 5.92 Å². The van der Waals surface area contributed by atoms with Crippen molar-refractivity contribution in [2.24, 2.45) is 0 Å². The van der Waals surface area contributed by atoms with Crippen molar-refractivity contribution in [2.45, 2.75) is 25.2 Å². The molecule has 1 saturated heterocycles. The third-order valence-electron chi connectivity index (χ3n) is 2.90. The highest BCUT2D eigenvalue weighted by atomic mass is 35.5. The molecule has 0 atom stereocenters. The topological polar surface area (TPSA) is 51.0 Å². The molecule has 0 spiro atoms. The fourth-order valence-electron chi connectivity index (χ4n) is 1.87. The summed E-state index contributed by atoms with van der Waals surface area (Å²) in [5.41, 5.74) is 1.23. The summed E-state index contributed by atoms with van der Waals surface area (Å²) in [7, 11) is 0. The third kappa shape index (κ3) is 1.92. The van der Waals surface area contributed by atoms with Gasteiger partial charge in [-0.05, 0) is 19.3 Å². The number of halogens is 1. The van der Waals surface area contributed by atoms with Crippen LogP contribution in [-0.4, -0.2) is 23.2 Å². The smallest absolute Gasteiger partial charge is 0.253 e. The minimum absolute atomic E-state index is 0. The van der Waals surface area contributed by atoms with Gasteiger partial charge in [0.1, 0.15) is 0 Å². The van der Waals surface area contributed by atoms with Gasteiger partial charge in [0.15, 0.2) is 5.82 Å². The molecule has 1 fully saturated rings. The number of hydrogen-bond donors (Lipinski definition) is 1. The summed E-state index contributed by atoms with van der Waals surface area (Å²) < 4.78 is 5.25. The van der Waals surface area contributed by atoms with Gasteiger partial charge in [0.2, 0.25) is 0 Å². The zero-order valence-electron chi connectivity index (χ0n) is 8.40. The van der Waals surface area contributed by atoms with Crippen LogP contribution < -0.4 is 5.32 Å². The Morgan fingerprint density at radius 2 is 2.27 bits per heavy atom. The molecule has 0 aromatic carbocycles. The van der Waals surface area contributed by atoms with E-state index in [2.05, 4.69) is 21.5 Å². The maximum Gasteiger partial charge on any atom is 0.253 e. The molecule has 1 aromatic rings. The van der Waals surface area contributed by atoms with Gasteiger partial charge in [-0.2, -0.15) is 4.98 Å². The number of allylic oxidation sites excluding steroid dienone is 2. The van der Waals surface area contributed by atoms with E-state index in [9.17, 15) is 0 Å². The highest BCUT2D eigenvalue weighted by Gasteiger charge is 2.25. The van der Waals surface area contributed by atoms with Crippen LogP contribution >= 0.6 is 12.4 Å². The van der Waals surface area contributed by atoms with Crippen LogP contribution in [0.1, 0.15) is 36.9 Å². The molecule has 4 nitrogen and oxygen atoms in total. The molecule has 1 N–H and O–H groups in total. The largest absolute Gasteiger partial charge is 0.334 e. The van der Waals surface area contributed by atoms with Gasteiger partial charge in [-0.1, -0.05) is 11.2 Å². The van der Waals surface area contributed by atoms with E-state index in [1.807, 2.05) is 0 Å². The first-order valence-electron chi connectivity index (χ1n) is 5.17. The number of aromatic nitrogens is 2. The Morgan fingerprint density at radius 1 is 1.40 bits per heavy atom. The van der Waals surface area contributed by atoms with Crippen molar-refractivity contribution in [3.8, 4) is 0 Å². The van der Waals surface area contributed by atoms with Crippen LogP contribution in [-0.2, 0) is 0 Å². The number of rotatable bonds is 2. The first kappa shape index (κ1) is 10.6. The molecule has 2 aliphatic rings. The molecule has 0 radical (unpaired) electrons. The number of nitrogens with zero attached hydrogens (tertiary/aromatic N) is 2. The molecule has 3 rings (SSSR count). The summed E-state index contributed by atoms with van der Waals surface area (Å²) in [4.78, 5) is 4.43. The third-order valence-corrected chi connectivity index (χ3v) is 2.90. The summed E-state index contributed by atoms with van der Waals surface area (Å²) in [5.74, 6) is 2.07. The Balaban J connectivity index is 0.000000853. The molecule has 0 unspecified atom stereocenters. The molecular formula is C10H14ClN3O. The maximum atomic E-state index is 5.25. The Hall–Kier alpha value is -0.870. The van der Waals surface area contributed by atoms with Crippen molar-refractivity contribution in [1.29, 1.82) is 0 Å². The van der Waals surface area contributed by atoms with Gasteiger partial charge < -0.3 is 9.84 Å². The highest BCUT2D eigenvalue weighted by molar-refractivity contribution is 5.85. The van der Waals surface area contributed by atoms with Crippen molar-refractivity contribution >= 4 is 18.0 Å². The lowest BCUT2D eigenvalue weighted by atomic mass is 10.0. The van der Waals surface area contributed by atoms with Gasteiger partial charge >= 0.3 is 0 Å². The Kier molecular flexibility index (Phi) is 3.07. The summed E-state index contributed by atoms with van der Waals surface area (Å²) >= 11 is 0. The molecule has 0 amide bonds. The Bertz CT molecular complexity index is 370. The van der Waals surface area contributed by atoms with E-state index in [0.717, 1.165) is 37.6 Å². The lowest BCUT2D eigenvalue weighted by Gasteiger charge is -2.23. The highest BCUT2D eigenvalue weighted by Crippen LogP contribution is 2.27. The van der Waals surface area contributed by atoms with Gasteiger partial charge in [0.05, 0.1) is 0 Å². The second kappa shape index (κ2) is 4.33. The maximum absolute atomic E-state index is 5.25. The zero-order chi connectivity index (χ0) is 9.38. The summed E-state index contributed by atoms with van der Waals surface area (Å²) in [5, 5.41) is 7.22. The second-order valence-electron chi connectivity index (χ2n) is 3.93. The van der Waals surface area contributed by atoms with Gasteiger partial charge in [-0.25, -0.2) is 0 Å². The van der Waals surface area contributed by atoms with Crippen molar-refractivity contribution in [3.63, 3.8) is 0 Å². The van der Waals surface area contributed by atoms with Crippen LogP contribution in [0.3, 0.4) is 0 Å². The molecule has 0 bridgehead atoms. The zero-order valence-corrected chi connectivity index (χ0v) is 9.22. The minimum atomic E-state index is 0. The molecule has 82 valence electrons. The van der Waals surface area contributed by atoms with E-state index < -0.39 is 0 Å². The van der Waals surface area contributed by atoms with Crippen molar-refractivity contribution < 1.29 is 4.52 Å². The van der Waals surface area contributed by atoms with Crippen LogP contribution in [0.4, 0.5) is 0 Å². The van der Waals surface area contributed by atoms with E-state index in [1.54, 1.807) is 0 Å². The van der Waals surface area contributed by atoms with Crippen LogP contribution in [0.25, 0.3) is 5.57 Å². The second-order valence-corrected chi connectivity index (χ2v) is 3.93. The summed E-state index contributed by atoms with van der Waals surface area (Å²) in [6, 6.07) is 0. The molecule has 1 aliphatic heterocycles. The summed E-state index contributed by atoms with van der Waals surface area (Å²) in [6.45, 7) is 1.97. The standard InChI is InChI=1S/C10H13N3O.ClH/c1-2-4-7(3-1)10-12-9(13-14-10)8-5-11-6-8;/h3,8,11H,1-2,4-6H2;1H. The Morgan fingerprint density at radius 3 is 2.87 bits per heavy atom. The monoisotopic (exact) mass is 227 g/mol. The van der Waals surface area contributed by atoms with E-state index >= 15 is 0 Å². The fourth-order valence-corrected chi connectivity index (χ4v) is 1.87. The lowest BCUT2D eigenvalue weighted by Crippen LogP contribution is -2.40. The molecule has 0 saturated carbocycles. The van der Waals surface area contributed by atoms with E-state index in [-0.39, 0.29) is 12.4 Å². The first-order chi connectivity index (χ1) is 6.93. The lowest BCUT2D eigenvalue weighted by molar-refractivity contribution is 0.371. The van der Waals surface area contributed by atoms with Crippen LogP contribution in [0.15, 0.2) is 10.6 Å². The molecule has 1 aromatic heterocycles. The minimum Gasteiger partial charge on any atom is -0.334 e. The normalized spacial score (nSPS) is 20.7. The fraction of sp³-hybridized carbons (Fsp3) is 0.600. The SMILES string of the molecule is C1=C(c2nc(C3CNC3)no2)CCC1.Cl. The number of hydrogen-bond acceptors (Lipinski definition) is 4. The van der Waals surface area contributed by atoms with Crippen LogP contribution in [0.5, 0.6) is 0 Å². The molecule has 1 aliphatic carbocycles. The average Bonchev–Trinajstić information content (AvgIpc) is 2.65. The van der Waals surface area contributed by atoms with Gasteiger partial charge in [0, 0.05) is 24.6 Å². The molecule has 2 heterocycles. The van der Waals surface area contributed by atoms with Gasteiger partial charge in [-0.15, -0.1) is 12.4 Å². The van der Waals surface area contributed by atoms with Crippen LogP contribution in [0.2, 0.25) is 0 Å². The van der Waals surface area contributed by atoms with Crippen LogP contribution in [0, 0.1) is 0 Å². The van der Waals surface area contributed by atoms with E-state index in [4.69, 9.17) is 4.52 Å².